The van der Waals surface area contributed by atoms with Crippen molar-refractivity contribution in [3.05, 3.63) is 83.4 Å². The number of anilines is 1. The molecule has 1 unspecified atom stereocenters. The normalized spacial score (nSPS) is 19.5. The van der Waals surface area contributed by atoms with Gasteiger partial charge in [-0.1, -0.05) is 44.2 Å². The summed E-state index contributed by atoms with van der Waals surface area (Å²) in [6, 6.07) is 14.8. The van der Waals surface area contributed by atoms with E-state index in [1.165, 1.54) is 10.5 Å². The van der Waals surface area contributed by atoms with Gasteiger partial charge in [-0.25, -0.2) is 4.98 Å². The molecule has 0 spiro atoms. The van der Waals surface area contributed by atoms with Gasteiger partial charge in [0, 0.05) is 29.2 Å². The van der Waals surface area contributed by atoms with Crippen LogP contribution in [0.3, 0.4) is 0 Å². The van der Waals surface area contributed by atoms with Crippen molar-refractivity contribution in [2.75, 3.05) is 4.90 Å². The van der Waals surface area contributed by atoms with E-state index in [1.54, 1.807) is 30.6 Å². The number of nitrogens with one attached hydrogen (secondary N) is 1. The molecule has 0 radical (unpaired) electrons. The fourth-order valence-electron chi connectivity index (χ4n) is 3.36. The largest absolute Gasteiger partial charge is 0.360 e. The van der Waals surface area contributed by atoms with Gasteiger partial charge in [0.2, 0.25) is 5.72 Å². The van der Waals surface area contributed by atoms with Crippen LogP contribution < -0.4 is 4.90 Å². The van der Waals surface area contributed by atoms with E-state index >= 15 is 0 Å². The van der Waals surface area contributed by atoms with Crippen LogP contribution in [-0.4, -0.2) is 21.0 Å². The Morgan fingerprint density at radius 2 is 1.84 bits per heavy atom. The summed E-state index contributed by atoms with van der Waals surface area (Å²) in [7, 11) is 0. The smallest absolute Gasteiger partial charge is 0.261 e. The van der Waals surface area contributed by atoms with Gasteiger partial charge in [0.25, 0.3) is 5.91 Å². The van der Waals surface area contributed by atoms with Crippen LogP contribution in [-0.2, 0) is 5.72 Å². The Labute approximate surface area is 146 Å². The second-order valence-corrected chi connectivity index (χ2v) is 6.54. The van der Waals surface area contributed by atoms with Crippen LogP contribution in [0.15, 0.2) is 60.9 Å². The molecule has 2 aromatic carbocycles. The van der Waals surface area contributed by atoms with Crippen molar-refractivity contribution in [3.8, 4) is 0 Å². The zero-order valence-corrected chi connectivity index (χ0v) is 14.1. The van der Waals surface area contributed by atoms with Crippen molar-refractivity contribution < 1.29 is 9.90 Å². The number of aromatic amines is 1. The summed E-state index contributed by atoms with van der Waals surface area (Å²) in [6.45, 7) is 4.23. The van der Waals surface area contributed by atoms with E-state index in [-0.39, 0.29) is 5.91 Å². The van der Waals surface area contributed by atoms with Gasteiger partial charge in [-0.3, -0.25) is 9.69 Å². The maximum atomic E-state index is 13.1. The van der Waals surface area contributed by atoms with Gasteiger partial charge in [-0.2, -0.15) is 0 Å². The lowest BCUT2D eigenvalue weighted by atomic mass is 10.00. The summed E-state index contributed by atoms with van der Waals surface area (Å²) >= 11 is 0. The Hall–Kier alpha value is -2.92. The lowest BCUT2D eigenvalue weighted by Gasteiger charge is -2.32. The molecule has 0 aliphatic carbocycles. The maximum absolute atomic E-state index is 13.1. The highest BCUT2D eigenvalue weighted by Gasteiger charge is 2.52. The van der Waals surface area contributed by atoms with Crippen LogP contribution in [0.2, 0.25) is 0 Å². The van der Waals surface area contributed by atoms with Crippen molar-refractivity contribution in [2.24, 2.45) is 0 Å². The van der Waals surface area contributed by atoms with Gasteiger partial charge in [-0.15, -0.1) is 0 Å². The predicted molar refractivity (Wildman–Crippen MR) is 95.4 cm³/mol. The summed E-state index contributed by atoms with van der Waals surface area (Å²) in [5.74, 6) is 0.468. The van der Waals surface area contributed by atoms with E-state index in [4.69, 9.17) is 0 Å². The Morgan fingerprint density at radius 1 is 1.12 bits per heavy atom. The number of rotatable bonds is 3. The minimum atomic E-state index is -1.66. The number of aromatic nitrogens is 2. The Kier molecular flexibility index (Phi) is 3.47. The van der Waals surface area contributed by atoms with Gasteiger partial charge in [0.1, 0.15) is 0 Å². The van der Waals surface area contributed by atoms with Crippen molar-refractivity contribution in [3.63, 3.8) is 0 Å². The molecule has 1 aliphatic heterocycles. The monoisotopic (exact) mass is 333 g/mol. The Balaban J connectivity index is 1.90. The molecule has 25 heavy (non-hydrogen) atoms. The SMILES string of the molecule is CC(C)c1ccc(N2C(=O)c3ccccc3C2(O)c2ncc[nH]2)cc1. The molecule has 1 aliphatic rings. The lowest BCUT2D eigenvalue weighted by Crippen LogP contribution is -2.45. The molecule has 5 nitrogen and oxygen atoms in total. The van der Waals surface area contributed by atoms with Gasteiger partial charge in [0.05, 0.1) is 0 Å². The average molecular weight is 333 g/mol. The average Bonchev–Trinajstić information content (AvgIpc) is 3.23. The molecule has 0 saturated heterocycles. The molecule has 126 valence electrons. The summed E-state index contributed by atoms with van der Waals surface area (Å²) in [6.07, 6.45) is 3.21. The van der Waals surface area contributed by atoms with Crippen LogP contribution in [0.4, 0.5) is 5.69 Å². The highest BCUT2D eigenvalue weighted by molar-refractivity contribution is 6.12. The van der Waals surface area contributed by atoms with Crippen molar-refractivity contribution in [1.82, 2.24) is 9.97 Å². The zero-order chi connectivity index (χ0) is 17.6. The minimum absolute atomic E-state index is 0.244. The molecule has 1 atom stereocenters. The number of H-pyrrole nitrogens is 1. The number of benzene rings is 2. The van der Waals surface area contributed by atoms with Gasteiger partial charge < -0.3 is 10.1 Å². The zero-order valence-electron chi connectivity index (χ0n) is 14.1. The number of hydrogen-bond donors (Lipinski definition) is 2. The molecule has 0 bridgehead atoms. The third kappa shape index (κ3) is 2.20. The minimum Gasteiger partial charge on any atom is -0.360 e. The molecular weight excluding hydrogens is 314 g/mol. The lowest BCUT2D eigenvalue weighted by molar-refractivity contribution is 0.0653. The number of nitrogens with zero attached hydrogens (tertiary/aromatic N) is 2. The van der Waals surface area contributed by atoms with Crippen LogP contribution in [0.5, 0.6) is 0 Å². The molecule has 5 heteroatoms. The van der Waals surface area contributed by atoms with Crippen LogP contribution in [0.1, 0.15) is 47.1 Å². The molecule has 2 N–H and O–H groups in total. The van der Waals surface area contributed by atoms with E-state index in [1.807, 2.05) is 30.3 Å². The first-order valence-corrected chi connectivity index (χ1v) is 8.29. The van der Waals surface area contributed by atoms with Crippen LogP contribution in [0, 0.1) is 0 Å². The number of amides is 1. The Bertz CT molecular complexity index is 916. The summed E-state index contributed by atoms with van der Waals surface area (Å²) in [5, 5.41) is 11.6. The molecule has 0 saturated carbocycles. The van der Waals surface area contributed by atoms with E-state index in [9.17, 15) is 9.90 Å². The van der Waals surface area contributed by atoms with Crippen molar-refractivity contribution in [1.29, 1.82) is 0 Å². The number of aliphatic hydroxyl groups is 1. The third-order valence-corrected chi connectivity index (χ3v) is 4.71. The first kappa shape index (κ1) is 15.6. The van der Waals surface area contributed by atoms with Crippen LogP contribution in [0.25, 0.3) is 0 Å². The molecule has 1 aromatic heterocycles. The predicted octanol–water partition coefficient (Wildman–Crippen LogP) is 3.39. The fraction of sp³-hybridized carbons (Fsp3) is 0.200. The first-order chi connectivity index (χ1) is 12.0. The number of carbonyl (C=O) groups is 1. The second kappa shape index (κ2) is 5.57. The van der Waals surface area contributed by atoms with E-state index in [0.29, 0.717) is 28.6 Å². The van der Waals surface area contributed by atoms with Crippen LogP contribution >= 0.6 is 0 Å². The van der Waals surface area contributed by atoms with Gasteiger partial charge in [0.15, 0.2) is 5.82 Å². The first-order valence-electron chi connectivity index (χ1n) is 8.29. The molecule has 3 aromatic rings. The van der Waals surface area contributed by atoms with Gasteiger partial charge in [-0.05, 0) is 29.7 Å². The summed E-state index contributed by atoms with van der Waals surface area (Å²) in [5.41, 5.74) is 1.16. The topological polar surface area (TPSA) is 69.2 Å². The number of hydrogen-bond acceptors (Lipinski definition) is 3. The number of fused-ring (bicyclic) bond motifs is 1. The van der Waals surface area contributed by atoms with Gasteiger partial charge >= 0.3 is 0 Å². The number of carbonyl (C=O) groups excluding carboxylic acids is 1. The van der Waals surface area contributed by atoms with Crippen molar-refractivity contribution >= 4 is 11.6 Å². The van der Waals surface area contributed by atoms with E-state index in [0.717, 1.165) is 0 Å². The second-order valence-electron chi connectivity index (χ2n) is 6.54. The third-order valence-electron chi connectivity index (χ3n) is 4.71. The van der Waals surface area contributed by atoms with E-state index < -0.39 is 5.72 Å². The quantitative estimate of drug-likeness (QED) is 0.772. The molecule has 2 heterocycles. The molecular formula is C20H19N3O2. The van der Waals surface area contributed by atoms with Crippen molar-refractivity contribution in [2.45, 2.75) is 25.5 Å². The molecule has 0 fully saturated rings. The van der Waals surface area contributed by atoms with E-state index in [2.05, 4.69) is 23.8 Å². The molecule has 1 amide bonds. The molecule has 4 rings (SSSR count). The standard InChI is InChI=1S/C20H19N3O2/c1-13(2)14-7-9-15(10-8-14)23-18(24)16-5-3-4-6-17(16)20(23,25)19-21-11-12-22-19/h3-13,25H,1-2H3,(H,21,22). The number of imidazole rings is 1. The highest BCUT2D eigenvalue weighted by atomic mass is 16.3. The Morgan fingerprint density at radius 3 is 2.48 bits per heavy atom. The maximum Gasteiger partial charge on any atom is 0.261 e. The fourth-order valence-corrected chi connectivity index (χ4v) is 3.36. The summed E-state index contributed by atoms with van der Waals surface area (Å²) < 4.78 is 0. The highest BCUT2D eigenvalue weighted by Crippen LogP contribution is 2.43. The summed E-state index contributed by atoms with van der Waals surface area (Å²) in [4.78, 5) is 21.6.